The zero-order valence-electron chi connectivity index (χ0n) is 10.8. The molecule has 1 aromatic heterocycles. The maximum Gasteiger partial charge on any atom is 0.268 e. The van der Waals surface area contributed by atoms with Crippen LogP contribution in [0.15, 0.2) is 24.5 Å². The van der Waals surface area contributed by atoms with Crippen molar-refractivity contribution in [2.24, 2.45) is 0 Å². The summed E-state index contributed by atoms with van der Waals surface area (Å²) in [6.07, 6.45) is 1.27. The molecule has 0 radical (unpaired) electrons. The summed E-state index contributed by atoms with van der Waals surface area (Å²) in [4.78, 5) is 7.89. The summed E-state index contributed by atoms with van der Waals surface area (Å²) in [6, 6.07) is 5.85. The number of anilines is 1. The largest absolute Gasteiger partial charge is 0.489 e. The van der Waals surface area contributed by atoms with Crippen LogP contribution in [0.3, 0.4) is 0 Å². The van der Waals surface area contributed by atoms with E-state index in [1.165, 1.54) is 31.6 Å². The van der Waals surface area contributed by atoms with Gasteiger partial charge in [0.1, 0.15) is 29.5 Å². The van der Waals surface area contributed by atoms with E-state index in [1.54, 1.807) is 13.1 Å². The molecule has 0 fully saturated rings. The number of nitriles is 1. The number of nitrogens with one attached hydrogen (secondary N) is 1. The molecule has 0 spiro atoms. The van der Waals surface area contributed by atoms with E-state index in [4.69, 9.17) is 14.7 Å². The molecule has 0 amide bonds. The highest BCUT2D eigenvalue weighted by molar-refractivity contribution is 5.56. The monoisotopic (exact) mass is 274 g/mol. The van der Waals surface area contributed by atoms with Crippen molar-refractivity contribution < 1.29 is 13.9 Å². The Kier molecular flexibility index (Phi) is 3.96. The Labute approximate surface area is 114 Å². The number of halogens is 1. The molecule has 0 bridgehead atoms. The van der Waals surface area contributed by atoms with Crippen LogP contribution in [-0.4, -0.2) is 24.1 Å². The molecule has 0 aliphatic rings. The lowest BCUT2D eigenvalue weighted by molar-refractivity contribution is 0.368. The van der Waals surface area contributed by atoms with E-state index in [0.717, 1.165) is 0 Å². The van der Waals surface area contributed by atoms with Crippen LogP contribution in [0.5, 0.6) is 17.4 Å². The van der Waals surface area contributed by atoms with Gasteiger partial charge >= 0.3 is 0 Å². The van der Waals surface area contributed by atoms with Crippen LogP contribution in [0.2, 0.25) is 0 Å². The topological polar surface area (TPSA) is 80.1 Å². The number of hydrogen-bond acceptors (Lipinski definition) is 6. The van der Waals surface area contributed by atoms with Gasteiger partial charge in [-0.25, -0.2) is 9.37 Å². The first-order valence-corrected chi connectivity index (χ1v) is 5.64. The third-order valence-electron chi connectivity index (χ3n) is 2.51. The Balaban J connectivity index is 2.46. The smallest absolute Gasteiger partial charge is 0.268 e. The second-order valence-corrected chi connectivity index (χ2v) is 3.64. The van der Waals surface area contributed by atoms with Gasteiger partial charge in [-0.3, -0.25) is 0 Å². The van der Waals surface area contributed by atoms with Crippen LogP contribution in [0.25, 0.3) is 0 Å². The number of rotatable bonds is 4. The lowest BCUT2D eigenvalue weighted by atomic mass is 10.2. The summed E-state index contributed by atoms with van der Waals surface area (Å²) < 4.78 is 24.1. The second-order valence-electron chi connectivity index (χ2n) is 3.64. The quantitative estimate of drug-likeness (QED) is 0.921. The minimum atomic E-state index is -0.660. The molecule has 2 aromatic rings. The minimum absolute atomic E-state index is 0.0616. The van der Waals surface area contributed by atoms with Gasteiger partial charge in [-0.15, -0.1) is 0 Å². The fraction of sp³-hybridized carbons (Fsp3) is 0.154. The molecule has 1 aromatic carbocycles. The number of hydrogen-bond donors (Lipinski definition) is 1. The van der Waals surface area contributed by atoms with Gasteiger partial charge in [-0.2, -0.15) is 10.2 Å². The Morgan fingerprint density at radius 2 is 2.15 bits per heavy atom. The minimum Gasteiger partial charge on any atom is -0.489 e. The second kappa shape index (κ2) is 5.84. The molecule has 20 heavy (non-hydrogen) atoms. The van der Waals surface area contributed by atoms with Crippen molar-refractivity contribution in [3.8, 4) is 23.4 Å². The maximum atomic E-state index is 13.5. The Bertz CT molecular complexity index is 670. The van der Waals surface area contributed by atoms with Crippen LogP contribution < -0.4 is 14.8 Å². The lowest BCUT2D eigenvalue weighted by Crippen LogP contribution is -2.01. The van der Waals surface area contributed by atoms with Gasteiger partial charge in [0.2, 0.25) is 5.75 Å². The highest BCUT2D eigenvalue weighted by Crippen LogP contribution is 2.35. The van der Waals surface area contributed by atoms with Gasteiger partial charge in [0.15, 0.2) is 5.82 Å². The Morgan fingerprint density at radius 3 is 2.80 bits per heavy atom. The SMILES string of the molecule is CNc1ncnc(Oc2cccc(F)c2C#N)c1OC. The van der Waals surface area contributed by atoms with E-state index < -0.39 is 5.82 Å². The van der Waals surface area contributed by atoms with Crippen molar-refractivity contribution in [1.82, 2.24) is 9.97 Å². The Hall–Kier alpha value is -2.88. The summed E-state index contributed by atoms with van der Waals surface area (Å²) in [7, 11) is 3.10. The lowest BCUT2D eigenvalue weighted by Gasteiger charge is -2.12. The zero-order valence-corrected chi connectivity index (χ0v) is 10.8. The molecule has 0 unspecified atom stereocenters. The highest BCUT2D eigenvalue weighted by Gasteiger charge is 2.16. The molecule has 0 aliphatic carbocycles. The third-order valence-corrected chi connectivity index (χ3v) is 2.51. The van der Waals surface area contributed by atoms with Gasteiger partial charge in [0, 0.05) is 7.05 Å². The molecule has 0 atom stereocenters. The molecule has 6 nitrogen and oxygen atoms in total. The Morgan fingerprint density at radius 1 is 1.35 bits per heavy atom. The summed E-state index contributed by atoms with van der Waals surface area (Å²) in [5, 5.41) is 11.8. The van der Waals surface area contributed by atoms with Crippen molar-refractivity contribution >= 4 is 5.82 Å². The van der Waals surface area contributed by atoms with E-state index in [1.807, 2.05) is 0 Å². The van der Waals surface area contributed by atoms with E-state index in [0.29, 0.717) is 5.82 Å². The molecule has 0 aliphatic heterocycles. The molecule has 1 N–H and O–H groups in total. The van der Waals surface area contributed by atoms with E-state index in [-0.39, 0.29) is 22.9 Å². The summed E-state index contributed by atoms with van der Waals surface area (Å²) >= 11 is 0. The molecule has 0 saturated heterocycles. The van der Waals surface area contributed by atoms with Gasteiger partial charge in [-0.05, 0) is 12.1 Å². The van der Waals surface area contributed by atoms with Gasteiger partial charge in [0.25, 0.3) is 5.88 Å². The zero-order chi connectivity index (χ0) is 14.5. The molecule has 1 heterocycles. The number of ether oxygens (including phenoxy) is 2. The van der Waals surface area contributed by atoms with Crippen LogP contribution in [0.1, 0.15) is 5.56 Å². The van der Waals surface area contributed by atoms with Gasteiger partial charge in [-0.1, -0.05) is 6.07 Å². The molecule has 2 rings (SSSR count). The summed E-state index contributed by atoms with van der Waals surface area (Å²) in [5.74, 6) is 0.183. The molecule has 7 heteroatoms. The number of methoxy groups -OCH3 is 1. The fourth-order valence-electron chi connectivity index (χ4n) is 1.59. The van der Waals surface area contributed by atoms with Crippen LogP contribution >= 0.6 is 0 Å². The van der Waals surface area contributed by atoms with Crippen molar-refractivity contribution in [2.75, 3.05) is 19.5 Å². The van der Waals surface area contributed by atoms with Gasteiger partial charge in [0.05, 0.1) is 7.11 Å². The summed E-state index contributed by atoms with van der Waals surface area (Å²) in [5.41, 5.74) is -0.195. The van der Waals surface area contributed by atoms with E-state index in [9.17, 15) is 4.39 Å². The predicted molar refractivity (Wildman–Crippen MR) is 69.3 cm³/mol. The van der Waals surface area contributed by atoms with Crippen molar-refractivity contribution in [3.05, 3.63) is 35.9 Å². The summed E-state index contributed by atoms with van der Waals surface area (Å²) in [6.45, 7) is 0. The van der Waals surface area contributed by atoms with Crippen LogP contribution in [0.4, 0.5) is 10.2 Å². The van der Waals surface area contributed by atoms with Gasteiger partial charge < -0.3 is 14.8 Å². The standard InChI is InChI=1S/C13H11FN4O2/c1-16-12-11(19-2)13(18-7-17-12)20-10-5-3-4-9(14)8(10)6-15/h3-5,7H,1-2H3,(H,16,17,18). The van der Waals surface area contributed by atoms with Crippen LogP contribution in [0, 0.1) is 17.1 Å². The third kappa shape index (κ3) is 2.44. The molecular formula is C13H11FN4O2. The highest BCUT2D eigenvalue weighted by atomic mass is 19.1. The average molecular weight is 274 g/mol. The first-order valence-electron chi connectivity index (χ1n) is 5.64. The van der Waals surface area contributed by atoms with E-state index >= 15 is 0 Å². The maximum absolute atomic E-state index is 13.5. The van der Waals surface area contributed by atoms with Crippen LogP contribution in [-0.2, 0) is 0 Å². The number of benzene rings is 1. The van der Waals surface area contributed by atoms with Crippen molar-refractivity contribution in [3.63, 3.8) is 0 Å². The van der Waals surface area contributed by atoms with Crippen molar-refractivity contribution in [1.29, 1.82) is 5.26 Å². The van der Waals surface area contributed by atoms with E-state index in [2.05, 4.69) is 15.3 Å². The predicted octanol–water partition coefficient (Wildman–Crippen LogP) is 2.33. The van der Waals surface area contributed by atoms with Crippen molar-refractivity contribution in [2.45, 2.75) is 0 Å². The molecule has 0 saturated carbocycles. The average Bonchev–Trinajstić information content (AvgIpc) is 2.47. The number of aromatic nitrogens is 2. The number of nitrogens with zero attached hydrogens (tertiary/aromatic N) is 3. The molecular weight excluding hydrogens is 263 g/mol. The molecule has 102 valence electrons. The first-order chi connectivity index (χ1) is 9.71. The normalized spacial score (nSPS) is 9.70. The fourth-order valence-corrected chi connectivity index (χ4v) is 1.59. The first kappa shape index (κ1) is 13.5.